The average molecular weight is 225 g/mol. The highest BCUT2D eigenvalue weighted by Gasteiger charge is 2.45. The van der Waals surface area contributed by atoms with Gasteiger partial charge in [0.15, 0.2) is 0 Å². The summed E-state index contributed by atoms with van der Waals surface area (Å²) >= 11 is 0. The summed E-state index contributed by atoms with van der Waals surface area (Å²) in [5, 5.41) is 0. The molecule has 1 heterocycles. The van der Waals surface area contributed by atoms with Crippen molar-refractivity contribution in [2.45, 2.75) is 27.2 Å². The van der Waals surface area contributed by atoms with E-state index in [4.69, 9.17) is 0 Å². The molecule has 0 unspecified atom stereocenters. The number of rotatable bonds is 4. The average Bonchev–Trinajstić information content (AvgIpc) is 2.41. The monoisotopic (exact) mass is 225 g/mol. The predicted molar refractivity (Wildman–Crippen MR) is 55.4 cm³/mol. The Morgan fingerprint density at radius 1 is 1.31 bits per heavy atom. The quantitative estimate of drug-likeness (QED) is 0.505. The summed E-state index contributed by atoms with van der Waals surface area (Å²) in [6.45, 7) is 4.53. The fourth-order valence-electron chi connectivity index (χ4n) is 2.15. The van der Waals surface area contributed by atoms with Crippen LogP contribution in [0.2, 0.25) is 0 Å². The summed E-state index contributed by atoms with van der Waals surface area (Å²) in [5.41, 5.74) is 0. The van der Waals surface area contributed by atoms with Gasteiger partial charge in [0, 0.05) is 13.0 Å². The Hall–Kier alpha value is -1.52. The van der Waals surface area contributed by atoms with Crippen LogP contribution >= 0.6 is 0 Å². The van der Waals surface area contributed by atoms with Gasteiger partial charge in [-0.25, -0.2) is 0 Å². The van der Waals surface area contributed by atoms with Crippen molar-refractivity contribution >= 4 is 23.4 Å². The van der Waals surface area contributed by atoms with Crippen molar-refractivity contribution in [2.24, 2.45) is 11.8 Å². The first kappa shape index (κ1) is 12.5. The number of hydrogen-bond acceptors (Lipinski definition) is 4. The SMILES string of the molecule is CCN1C(=O)C[C@H](C(C(C)=O)C(C)=O)C1=O. The maximum Gasteiger partial charge on any atom is 0.233 e. The summed E-state index contributed by atoms with van der Waals surface area (Å²) in [5.74, 6) is -3.16. The van der Waals surface area contributed by atoms with E-state index in [1.54, 1.807) is 6.92 Å². The van der Waals surface area contributed by atoms with Gasteiger partial charge < -0.3 is 0 Å². The number of hydrogen-bond donors (Lipinski definition) is 0. The second kappa shape index (κ2) is 4.55. The molecule has 1 saturated heterocycles. The fraction of sp³-hybridized carbons (Fsp3) is 0.636. The van der Waals surface area contributed by atoms with E-state index in [2.05, 4.69) is 0 Å². The Kier molecular flexibility index (Phi) is 3.57. The normalized spacial score (nSPS) is 20.8. The molecule has 88 valence electrons. The Balaban J connectivity index is 2.98. The second-order valence-electron chi connectivity index (χ2n) is 3.99. The third-order valence-corrected chi connectivity index (χ3v) is 2.87. The number of carbonyl (C=O) groups is 4. The second-order valence-corrected chi connectivity index (χ2v) is 3.99. The van der Waals surface area contributed by atoms with Gasteiger partial charge in [-0.05, 0) is 20.8 Å². The first-order valence-electron chi connectivity index (χ1n) is 5.25. The molecular weight excluding hydrogens is 210 g/mol. The van der Waals surface area contributed by atoms with Gasteiger partial charge in [-0.3, -0.25) is 24.1 Å². The molecule has 0 saturated carbocycles. The topological polar surface area (TPSA) is 71.5 Å². The van der Waals surface area contributed by atoms with Crippen molar-refractivity contribution < 1.29 is 19.2 Å². The molecule has 0 aromatic rings. The van der Waals surface area contributed by atoms with Crippen LogP contribution in [-0.4, -0.2) is 34.8 Å². The minimum atomic E-state index is -0.965. The van der Waals surface area contributed by atoms with Crippen molar-refractivity contribution in [3.05, 3.63) is 0 Å². The van der Waals surface area contributed by atoms with E-state index in [-0.39, 0.29) is 30.4 Å². The molecular formula is C11H15NO4. The maximum atomic E-state index is 11.8. The van der Waals surface area contributed by atoms with Crippen molar-refractivity contribution in [1.29, 1.82) is 0 Å². The third kappa shape index (κ3) is 2.03. The molecule has 0 radical (unpaired) electrons. The number of nitrogens with zero attached hydrogens (tertiary/aromatic N) is 1. The molecule has 0 N–H and O–H groups in total. The van der Waals surface area contributed by atoms with Crippen LogP contribution in [0, 0.1) is 11.8 Å². The lowest BCUT2D eigenvalue weighted by molar-refractivity contribution is -0.143. The van der Waals surface area contributed by atoms with Gasteiger partial charge >= 0.3 is 0 Å². The highest BCUT2D eigenvalue weighted by molar-refractivity contribution is 6.10. The van der Waals surface area contributed by atoms with Gasteiger partial charge in [-0.15, -0.1) is 0 Å². The van der Waals surface area contributed by atoms with Gasteiger partial charge in [-0.2, -0.15) is 0 Å². The molecule has 1 fully saturated rings. The number of imide groups is 1. The summed E-state index contributed by atoms with van der Waals surface area (Å²) in [6.07, 6.45) is -0.0313. The lowest BCUT2D eigenvalue weighted by Crippen LogP contribution is -2.36. The minimum absolute atomic E-state index is 0.0313. The van der Waals surface area contributed by atoms with Crippen LogP contribution < -0.4 is 0 Å². The zero-order valence-corrected chi connectivity index (χ0v) is 9.65. The van der Waals surface area contributed by atoms with E-state index in [1.165, 1.54) is 13.8 Å². The Morgan fingerprint density at radius 2 is 1.81 bits per heavy atom. The van der Waals surface area contributed by atoms with Crippen molar-refractivity contribution in [2.75, 3.05) is 6.54 Å². The van der Waals surface area contributed by atoms with E-state index in [9.17, 15) is 19.2 Å². The number of ketones is 2. The van der Waals surface area contributed by atoms with E-state index < -0.39 is 17.7 Å². The summed E-state index contributed by atoms with van der Waals surface area (Å²) in [4.78, 5) is 47.0. The summed E-state index contributed by atoms with van der Waals surface area (Å²) < 4.78 is 0. The van der Waals surface area contributed by atoms with Crippen molar-refractivity contribution in [1.82, 2.24) is 4.90 Å². The molecule has 0 bridgehead atoms. The first-order chi connectivity index (χ1) is 7.40. The number of Topliss-reactive ketones (excluding diaryl/α,β-unsaturated/α-hetero) is 2. The lowest BCUT2D eigenvalue weighted by atomic mass is 9.85. The van der Waals surface area contributed by atoms with E-state index >= 15 is 0 Å². The molecule has 1 aliphatic rings. The zero-order valence-electron chi connectivity index (χ0n) is 9.65. The van der Waals surface area contributed by atoms with Crippen LogP contribution in [-0.2, 0) is 19.2 Å². The van der Waals surface area contributed by atoms with Crippen LogP contribution in [0.15, 0.2) is 0 Å². The molecule has 5 heteroatoms. The van der Waals surface area contributed by atoms with Crippen LogP contribution in [0.4, 0.5) is 0 Å². The molecule has 1 aliphatic heterocycles. The Morgan fingerprint density at radius 3 is 2.12 bits per heavy atom. The highest BCUT2D eigenvalue weighted by atomic mass is 16.2. The van der Waals surface area contributed by atoms with Gasteiger partial charge in [0.25, 0.3) is 0 Å². The summed E-state index contributed by atoms with van der Waals surface area (Å²) in [7, 11) is 0. The molecule has 5 nitrogen and oxygen atoms in total. The van der Waals surface area contributed by atoms with Gasteiger partial charge in [0.2, 0.25) is 11.8 Å². The Bertz CT molecular complexity index is 347. The van der Waals surface area contributed by atoms with Gasteiger partial charge in [0.05, 0.1) is 11.8 Å². The zero-order chi connectivity index (χ0) is 12.5. The molecule has 1 atom stereocenters. The van der Waals surface area contributed by atoms with Gasteiger partial charge in [0.1, 0.15) is 11.6 Å². The lowest BCUT2D eigenvalue weighted by Gasteiger charge is -2.16. The standard InChI is InChI=1S/C11H15NO4/c1-4-12-9(15)5-8(11(12)16)10(6(2)13)7(3)14/h8,10H,4-5H2,1-3H3/t8-/m1/s1. The largest absolute Gasteiger partial charge is 0.299 e. The smallest absolute Gasteiger partial charge is 0.233 e. The van der Waals surface area contributed by atoms with Crippen LogP contribution in [0.1, 0.15) is 27.2 Å². The van der Waals surface area contributed by atoms with Gasteiger partial charge in [-0.1, -0.05) is 0 Å². The van der Waals surface area contributed by atoms with Crippen LogP contribution in [0.3, 0.4) is 0 Å². The highest BCUT2D eigenvalue weighted by Crippen LogP contribution is 2.27. The minimum Gasteiger partial charge on any atom is -0.299 e. The molecule has 0 aliphatic carbocycles. The fourth-order valence-corrected chi connectivity index (χ4v) is 2.15. The van der Waals surface area contributed by atoms with Crippen molar-refractivity contribution in [3.63, 3.8) is 0 Å². The van der Waals surface area contributed by atoms with Crippen molar-refractivity contribution in [3.8, 4) is 0 Å². The maximum absolute atomic E-state index is 11.8. The van der Waals surface area contributed by atoms with E-state index in [0.29, 0.717) is 0 Å². The first-order valence-corrected chi connectivity index (χ1v) is 5.25. The number of likely N-dealkylation sites (tertiary alicyclic amines) is 1. The number of amides is 2. The van der Waals surface area contributed by atoms with Crippen LogP contribution in [0.5, 0.6) is 0 Å². The molecule has 16 heavy (non-hydrogen) atoms. The van der Waals surface area contributed by atoms with E-state index in [1.807, 2.05) is 0 Å². The third-order valence-electron chi connectivity index (χ3n) is 2.87. The Labute approximate surface area is 93.8 Å². The predicted octanol–water partition coefficient (Wildman–Crippen LogP) is 0.176. The number of carbonyl (C=O) groups excluding carboxylic acids is 4. The molecule has 0 spiro atoms. The van der Waals surface area contributed by atoms with Crippen LogP contribution in [0.25, 0.3) is 0 Å². The molecule has 0 aromatic carbocycles. The van der Waals surface area contributed by atoms with E-state index in [0.717, 1.165) is 4.90 Å². The summed E-state index contributed by atoms with van der Waals surface area (Å²) in [6, 6.07) is 0. The molecule has 2 amide bonds. The molecule has 0 aromatic heterocycles. The molecule has 1 rings (SSSR count).